The number of benzene rings is 2. The molecule has 2 aromatic carbocycles. The standard InChI is InChI=1S/C17H20N2O5S/c1-4-12(2)13-5-8-15(9-6-13)25(22,23)18-16-11-14(19(20)21)7-10-17(16)24-3/h5-12,18H,4H2,1-3H3. The Bertz CT molecular complexity index is 863. The van der Waals surface area contributed by atoms with Gasteiger partial charge in [0.25, 0.3) is 15.7 Å². The van der Waals surface area contributed by atoms with Gasteiger partial charge in [0.1, 0.15) is 5.75 Å². The van der Waals surface area contributed by atoms with Crippen LogP contribution in [0.1, 0.15) is 31.7 Å². The molecule has 7 nitrogen and oxygen atoms in total. The monoisotopic (exact) mass is 364 g/mol. The van der Waals surface area contributed by atoms with Crippen LogP contribution in [0, 0.1) is 10.1 Å². The zero-order chi connectivity index (χ0) is 18.6. The summed E-state index contributed by atoms with van der Waals surface area (Å²) < 4.78 is 32.6. The maximum atomic E-state index is 12.6. The Hall–Kier alpha value is -2.61. The number of methoxy groups -OCH3 is 1. The third-order valence-electron chi connectivity index (χ3n) is 4.01. The number of nitrogens with zero attached hydrogens (tertiary/aromatic N) is 1. The zero-order valence-electron chi connectivity index (χ0n) is 14.2. The molecule has 0 aliphatic carbocycles. The maximum Gasteiger partial charge on any atom is 0.271 e. The van der Waals surface area contributed by atoms with Crippen molar-refractivity contribution in [3.63, 3.8) is 0 Å². The summed E-state index contributed by atoms with van der Waals surface area (Å²) in [5.74, 6) is 0.534. The Labute approximate surface area is 146 Å². The third kappa shape index (κ3) is 4.27. The molecule has 0 spiro atoms. The van der Waals surface area contributed by atoms with Crippen molar-refractivity contribution in [3.05, 3.63) is 58.1 Å². The average Bonchev–Trinajstić information content (AvgIpc) is 2.60. The molecule has 1 unspecified atom stereocenters. The molecule has 25 heavy (non-hydrogen) atoms. The fourth-order valence-electron chi connectivity index (χ4n) is 2.30. The van der Waals surface area contributed by atoms with Gasteiger partial charge in [0.05, 0.1) is 22.6 Å². The quantitative estimate of drug-likeness (QED) is 0.593. The van der Waals surface area contributed by atoms with Crippen molar-refractivity contribution < 1.29 is 18.1 Å². The summed E-state index contributed by atoms with van der Waals surface area (Å²) in [6.07, 6.45) is 0.954. The van der Waals surface area contributed by atoms with E-state index in [0.29, 0.717) is 5.92 Å². The highest BCUT2D eigenvalue weighted by Gasteiger charge is 2.19. The van der Waals surface area contributed by atoms with E-state index in [1.54, 1.807) is 12.1 Å². The van der Waals surface area contributed by atoms with Gasteiger partial charge in [-0.25, -0.2) is 8.42 Å². The van der Waals surface area contributed by atoms with Gasteiger partial charge in [0, 0.05) is 12.1 Å². The Kier molecular flexibility index (Phi) is 5.63. The fourth-order valence-corrected chi connectivity index (χ4v) is 3.37. The van der Waals surface area contributed by atoms with Crippen molar-refractivity contribution in [1.29, 1.82) is 0 Å². The number of hydrogen-bond donors (Lipinski definition) is 1. The molecule has 0 bridgehead atoms. The van der Waals surface area contributed by atoms with Gasteiger partial charge < -0.3 is 4.74 Å². The molecule has 0 saturated heterocycles. The van der Waals surface area contributed by atoms with Crippen LogP contribution in [0.2, 0.25) is 0 Å². The highest BCUT2D eigenvalue weighted by molar-refractivity contribution is 7.92. The Morgan fingerprint density at radius 2 is 1.84 bits per heavy atom. The number of non-ortho nitro benzene ring substituents is 1. The number of hydrogen-bond acceptors (Lipinski definition) is 5. The molecule has 1 N–H and O–H groups in total. The van der Waals surface area contributed by atoms with Crippen LogP contribution in [0.4, 0.5) is 11.4 Å². The van der Waals surface area contributed by atoms with Crippen molar-refractivity contribution in [2.75, 3.05) is 11.8 Å². The molecule has 0 aromatic heterocycles. The molecule has 0 aliphatic heterocycles. The van der Waals surface area contributed by atoms with Crippen molar-refractivity contribution in [3.8, 4) is 5.75 Å². The van der Waals surface area contributed by atoms with Crippen molar-refractivity contribution in [2.45, 2.75) is 31.1 Å². The van der Waals surface area contributed by atoms with E-state index >= 15 is 0 Å². The summed E-state index contributed by atoms with van der Waals surface area (Å²) in [5, 5.41) is 10.9. The first-order valence-electron chi connectivity index (χ1n) is 7.73. The predicted octanol–water partition coefficient (Wildman–Crippen LogP) is 3.92. The summed E-state index contributed by atoms with van der Waals surface area (Å²) in [6, 6.07) is 10.3. The average molecular weight is 364 g/mol. The molecule has 2 aromatic rings. The van der Waals surface area contributed by atoms with Gasteiger partial charge in [-0.2, -0.15) is 0 Å². The highest BCUT2D eigenvalue weighted by atomic mass is 32.2. The summed E-state index contributed by atoms with van der Waals surface area (Å²) in [7, 11) is -2.53. The molecule has 0 saturated carbocycles. The van der Waals surface area contributed by atoms with Gasteiger partial charge in [0.15, 0.2) is 0 Å². The lowest BCUT2D eigenvalue weighted by molar-refractivity contribution is -0.384. The van der Waals surface area contributed by atoms with Gasteiger partial charge in [-0.15, -0.1) is 0 Å². The van der Waals surface area contributed by atoms with E-state index in [1.807, 2.05) is 0 Å². The lowest BCUT2D eigenvalue weighted by Gasteiger charge is -2.13. The second-order valence-electron chi connectivity index (χ2n) is 5.63. The van der Waals surface area contributed by atoms with Crippen LogP contribution >= 0.6 is 0 Å². The molecule has 2 rings (SSSR count). The minimum absolute atomic E-state index is 0.0164. The van der Waals surface area contributed by atoms with Crippen LogP contribution in [0.25, 0.3) is 0 Å². The summed E-state index contributed by atoms with van der Waals surface area (Å²) in [5.41, 5.74) is 0.836. The smallest absolute Gasteiger partial charge is 0.271 e. The van der Waals surface area contributed by atoms with Crippen molar-refractivity contribution in [1.82, 2.24) is 0 Å². The lowest BCUT2D eigenvalue weighted by atomic mass is 9.99. The number of anilines is 1. The van der Waals surface area contributed by atoms with Crippen molar-refractivity contribution in [2.24, 2.45) is 0 Å². The lowest BCUT2D eigenvalue weighted by Crippen LogP contribution is -2.14. The molecule has 0 amide bonds. The van der Waals surface area contributed by atoms with E-state index in [9.17, 15) is 18.5 Å². The largest absolute Gasteiger partial charge is 0.495 e. The van der Waals surface area contributed by atoms with Gasteiger partial charge in [0.2, 0.25) is 0 Å². The number of ether oxygens (including phenoxy) is 1. The molecule has 0 fully saturated rings. The summed E-state index contributed by atoms with van der Waals surface area (Å²) in [6.45, 7) is 4.13. The molecular weight excluding hydrogens is 344 g/mol. The number of nitro benzene ring substituents is 1. The summed E-state index contributed by atoms with van der Waals surface area (Å²) in [4.78, 5) is 10.4. The van der Waals surface area contributed by atoms with Gasteiger partial charge >= 0.3 is 0 Å². The SMILES string of the molecule is CCC(C)c1ccc(S(=O)(=O)Nc2cc([N+](=O)[O-])ccc2OC)cc1. The molecular formula is C17H20N2O5S. The van der Waals surface area contributed by atoms with E-state index in [2.05, 4.69) is 18.6 Å². The Balaban J connectivity index is 2.35. The van der Waals surface area contributed by atoms with Crippen LogP contribution in [-0.4, -0.2) is 20.5 Å². The van der Waals surface area contributed by atoms with E-state index in [4.69, 9.17) is 4.74 Å². The number of sulfonamides is 1. The number of rotatable bonds is 7. The topological polar surface area (TPSA) is 98.5 Å². The second kappa shape index (κ2) is 7.52. The third-order valence-corrected chi connectivity index (χ3v) is 5.39. The zero-order valence-corrected chi connectivity index (χ0v) is 15.0. The van der Waals surface area contributed by atoms with E-state index in [1.165, 1.54) is 31.4 Å². The van der Waals surface area contributed by atoms with Crippen LogP contribution in [0.5, 0.6) is 5.75 Å². The van der Waals surface area contributed by atoms with Gasteiger partial charge in [-0.3, -0.25) is 14.8 Å². The molecule has 8 heteroatoms. The van der Waals surface area contributed by atoms with Crippen molar-refractivity contribution >= 4 is 21.4 Å². The Morgan fingerprint density at radius 1 is 1.20 bits per heavy atom. The maximum absolute atomic E-state index is 12.6. The van der Waals surface area contributed by atoms with Crippen LogP contribution < -0.4 is 9.46 Å². The molecule has 0 heterocycles. The normalized spacial score (nSPS) is 12.4. The fraction of sp³-hybridized carbons (Fsp3) is 0.294. The molecule has 1 atom stereocenters. The molecule has 0 aliphatic rings. The number of nitro groups is 1. The highest BCUT2D eigenvalue weighted by Crippen LogP contribution is 2.31. The molecule has 0 radical (unpaired) electrons. The predicted molar refractivity (Wildman–Crippen MR) is 95.6 cm³/mol. The Morgan fingerprint density at radius 3 is 2.36 bits per heavy atom. The molecule has 134 valence electrons. The van der Waals surface area contributed by atoms with Crippen LogP contribution in [-0.2, 0) is 10.0 Å². The summed E-state index contributed by atoms with van der Waals surface area (Å²) >= 11 is 0. The first-order chi connectivity index (χ1) is 11.8. The van der Waals surface area contributed by atoms with E-state index in [0.717, 1.165) is 18.1 Å². The van der Waals surface area contributed by atoms with E-state index in [-0.39, 0.29) is 22.0 Å². The first-order valence-corrected chi connectivity index (χ1v) is 9.22. The van der Waals surface area contributed by atoms with Gasteiger partial charge in [-0.1, -0.05) is 26.0 Å². The second-order valence-corrected chi connectivity index (χ2v) is 7.31. The van der Waals surface area contributed by atoms with Crippen LogP contribution in [0.15, 0.2) is 47.4 Å². The van der Waals surface area contributed by atoms with E-state index < -0.39 is 14.9 Å². The number of nitrogens with one attached hydrogen (secondary N) is 1. The van der Waals surface area contributed by atoms with Gasteiger partial charge in [-0.05, 0) is 36.1 Å². The first kappa shape index (κ1) is 18.7. The minimum atomic E-state index is -3.89. The minimum Gasteiger partial charge on any atom is -0.495 e. The van der Waals surface area contributed by atoms with Crippen LogP contribution in [0.3, 0.4) is 0 Å².